The van der Waals surface area contributed by atoms with Gasteiger partial charge in [0.25, 0.3) is 0 Å². The van der Waals surface area contributed by atoms with E-state index in [2.05, 4.69) is 0 Å². The molecule has 5 nitrogen and oxygen atoms in total. The highest BCUT2D eigenvalue weighted by Crippen LogP contribution is 2.30. The Morgan fingerprint density at radius 1 is 0.933 bits per heavy atom. The Morgan fingerprint density at radius 2 is 1.50 bits per heavy atom. The average Bonchev–Trinajstić information content (AvgIpc) is 2.72. The summed E-state index contributed by atoms with van der Waals surface area (Å²) in [6.07, 6.45) is -4.54. The summed E-state index contributed by atoms with van der Waals surface area (Å²) in [6.45, 7) is 0.470. The highest BCUT2D eigenvalue weighted by Gasteiger charge is 2.33. The molecule has 0 saturated carbocycles. The van der Waals surface area contributed by atoms with E-state index < -0.39 is 21.8 Å². The van der Waals surface area contributed by atoms with Crippen molar-refractivity contribution in [2.24, 2.45) is 0 Å². The number of piperazine rings is 1. The first-order valence-electron chi connectivity index (χ1n) is 8.91. The second-order valence-corrected chi connectivity index (χ2v) is 9.54. The fourth-order valence-corrected chi connectivity index (χ4v) is 5.13. The third-order valence-electron chi connectivity index (χ3n) is 4.59. The minimum Gasteiger partial charge on any atom is -0.339 e. The molecule has 1 amide bonds. The molecule has 1 aliphatic rings. The highest BCUT2D eigenvalue weighted by molar-refractivity contribution is 8.00. The average molecular weight is 462 g/mol. The molecule has 1 aliphatic heterocycles. The van der Waals surface area contributed by atoms with Gasteiger partial charge in [0.15, 0.2) is 0 Å². The van der Waals surface area contributed by atoms with E-state index in [-0.39, 0.29) is 48.6 Å². The molecular weight excluding hydrogens is 444 g/mol. The smallest absolute Gasteiger partial charge is 0.339 e. The van der Waals surface area contributed by atoms with Crippen LogP contribution in [0.3, 0.4) is 0 Å². The third kappa shape index (κ3) is 5.32. The van der Waals surface area contributed by atoms with Crippen LogP contribution in [0.5, 0.6) is 0 Å². The molecule has 0 atom stereocenters. The van der Waals surface area contributed by atoms with Crippen LogP contribution in [0.15, 0.2) is 58.3 Å². The van der Waals surface area contributed by atoms with Gasteiger partial charge >= 0.3 is 6.18 Å². The maximum Gasteiger partial charge on any atom is 0.416 e. The standard InChI is InChI=1S/C19H18F4N2O3S2/c20-15-3-5-16(6-4-15)29-13-18(26)24-9-11-25(12-10-24)30(27,28)17-7-1-14(2-8-17)19(21,22)23/h1-8H,9-13H2. The van der Waals surface area contributed by atoms with E-state index in [9.17, 15) is 30.8 Å². The van der Waals surface area contributed by atoms with Crippen LogP contribution in [0.25, 0.3) is 0 Å². The van der Waals surface area contributed by atoms with E-state index in [1.54, 1.807) is 12.1 Å². The van der Waals surface area contributed by atoms with E-state index >= 15 is 0 Å². The summed E-state index contributed by atoms with van der Waals surface area (Å²) in [4.78, 5) is 14.4. The van der Waals surface area contributed by atoms with Crippen molar-refractivity contribution < 1.29 is 30.8 Å². The monoisotopic (exact) mass is 462 g/mol. The quantitative estimate of drug-likeness (QED) is 0.505. The van der Waals surface area contributed by atoms with Gasteiger partial charge in [-0.2, -0.15) is 17.5 Å². The van der Waals surface area contributed by atoms with E-state index in [0.29, 0.717) is 0 Å². The first kappa shape index (κ1) is 22.6. The SMILES string of the molecule is O=C(CSc1ccc(F)cc1)N1CCN(S(=O)(=O)c2ccc(C(F)(F)F)cc2)CC1. The molecule has 2 aromatic carbocycles. The molecule has 30 heavy (non-hydrogen) atoms. The lowest BCUT2D eigenvalue weighted by Crippen LogP contribution is -2.50. The lowest BCUT2D eigenvalue weighted by Gasteiger charge is -2.34. The lowest BCUT2D eigenvalue weighted by atomic mass is 10.2. The summed E-state index contributed by atoms with van der Waals surface area (Å²) >= 11 is 1.26. The molecule has 2 aromatic rings. The van der Waals surface area contributed by atoms with Gasteiger partial charge in [-0.3, -0.25) is 4.79 Å². The largest absolute Gasteiger partial charge is 0.416 e. The van der Waals surface area contributed by atoms with Gasteiger partial charge in [-0.25, -0.2) is 12.8 Å². The number of hydrogen-bond donors (Lipinski definition) is 0. The summed E-state index contributed by atoms with van der Waals surface area (Å²) in [5.74, 6) is -0.399. The molecule has 3 rings (SSSR count). The molecule has 1 saturated heterocycles. The summed E-state index contributed by atoms with van der Waals surface area (Å²) in [7, 11) is -3.95. The molecule has 0 radical (unpaired) electrons. The number of carbonyl (C=O) groups is 1. The van der Waals surface area contributed by atoms with Crippen molar-refractivity contribution in [3.8, 4) is 0 Å². The van der Waals surface area contributed by atoms with Gasteiger partial charge in [-0.15, -0.1) is 11.8 Å². The number of thioether (sulfide) groups is 1. The predicted molar refractivity (Wildman–Crippen MR) is 104 cm³/mol. The maximum absolute atomic E-state index is 12.9. The minimum atomic E-state index is -4.54. The van der Waals surface area contributed by atoms with Crippen molar-refractivity contribution in [3.63, 3.8) is 0 Å². The number of benzene rings is 2. The Labute approximate surface area is 175 Å². The molecule has 0 unspecified atom stereocenters. The van der Waals surface area contributed by atoms with Crippen molar-refractivity contribution >= 4 is 27.7 Å². The van der Waals surface area contributed by atoms with Crippen molar-refractivity contribution in [1.82, 2.24) is 9.21 Å². The fourth-order valence-electron chi connectivity index (χ4n) is 2.91. The van der Waals surface area contributed by atoms with E-state index in [1.165, 1.54) is 28.8 Å². The lowest BCUT2D eigenvalue weighted by molar-refractivity contribution is -0.137. The van der Waals surface area contributed by atoms with Crippen LogP contribution in [0.4, 0.5) is 17.6 Å². The van der Waals surface area contributed by atoms with E-state index in [1.807, 2.05) is 0 Å². The van der Waals surface area contributed by atoms with Gasteiger partial charge < -0.3 is 4.90 Å². The Balaban J connectivity index is 1.56. The van der Waals surface area contributed by atoms with Gasteiger partial charge in [0.2, 0.25) is 15.9 Å². The molecule has 162 valence electrons. The Morgan fingerprint density at radius 3 is 2.03 bits per heavy atom. The summed E-state index contributed by atoms with van der Waals surface area (Å²) < 4.78 is 77.4. The molecule has 0 aromatic heterocycles. The van der Waals surface area contributed by atoms with Gasteiger partial charge in [-0.05, 0) is 48.5 Å². The first-order valence-corrected chi connectivity index (χ1v) is 11.3. The second-order valence-electron chi connectivity index (χ2n) is 6.55. The molecule has 0 N–H and O–H groups in total. The molecule has 11 heteroatoms. The number of hydrogen-bond acceptors (Lipinski definition) is 4. The molecule has 0 bridgehead atoms. The van der Waals surface area contributed by atoms with E-state index in [4.69, 9.17) is 0 Å². The van der Waals surface area contributed by atoms with Crippen LogP contribution in [-0.2, 0) is 21.0 Å². The Bertz CT molecular complexity index is 986. The maximum atomic E-state index is 12.9. The van der Waals surface area contributed by atoms with Crippen molar-refractivity contribution in [3.05, 3.63) is 59.9 Å². The van der Waals surface area contributed by atoms with Gasteiger partial charge in [0.05, 0.1) is 16.2 Å². The van der Waals surface area contributed by atoms with Crippen LogP contribution in [0.1, 0.15) is 5.56 Å². The highest BCUT2D eigenvalue weighted by atomic mass is 32.2. The number of halogens is 4. The van der Waals surface area contributed by atoms with Crippen molar-refractivity contribution in [2.75, 3.05) is 31.9 Å². The number of carbonyl (C=O) groups excluding carboxylic acids is 1. The second kappa shape index (κ2) is 8.94. The number of amides is 1. The summed E-state index contributed by atoms with van der Waals surface area (Å²) in [5.41, 5.74) is -0.921. The zero-order chi connectivity index (χ0) is 21.9. The van der Waals surface area contributed by atoms with Crippen LogP contribution in [0.2, 0.25) is 0 Å². The molecule has 1 heterocycles. The van der Waals surface area contributed by atoms with E-state index in [0.717, 1.165) is 33.5 Å². The van der Waals surface area contributed by atoms with Gasteiger partial charge in [0, 0.05) is 31.1 Å². The Kier molecular flexibility index (Phi) is 6.73. The van der Waals surface area contributed by atoms with Gasteiger partial charge in [-0.1, -0.05) is 0 Å². The molecular formula is C19H18F4N2O3S2. The molecule has 1 fully saturated rings. The van der Waals surface area contributed by atoms with Crippen molar-refractivity contribution in [2.45, 2.75) is 16.0 Å². The molecule has 0 spiro atoms. The zero-order valence-corrected chi connectivity index (χ0v) is 17.2. The number of rotatable bonds is 5. The topological polar surface area (TPSA) is 57.7 Å². The number of sulfonamides is 1. The van der Waals surface area contributed by atoms with Crippen LogP contribution < -0.4 is 0 Å². The normalized spacial score (nSPS) is 15.9. The minimum absolute atomic E-state index is 0.0519. The fraction of sp³-hybridized carbons (Fsp3) is 0.316. The Hall–Kier alpha value is -2.11. The molecule has 0 aliphatic carbocycles. The summed E-state index contributed by atoms with van der Waals surface area (Å²) in [6, 6.07) is 9.10. The van der Waals surface area contributed by atoms with Gasteiger partial charge in [0.1, 0.15) is 5.82 Å². The zero-order valence-electron chi connectivity index (χ0n) is 15.6. The predicted octanol–water partition coefficient (Wildman–Crippen LogP) is 3.47. The van der Waals surface area contributed by atoms with Crippen LogP contribution >= 0.6 is 11.8 Å². The number of alkyl halides is 3. The third-order valence-corrected chi connectivity index (χ3v) is 7.50. The van der Waals surface area contributed by atoms with Crippen LogP contribution in [0, 0.1) is 5.82 Å². The first-order chi connectivity index (χ1) is 14.1. The number of nitrogens with zero attached hydrogens (tertiary/aromatic N) is 2. The summed E-state index contributed by atoms with van der Waals surface area (Å²) in [5, 5.41) is 0. The van der Waals surface area contributed by atoms with Crippen molar-refractivity contribution in [1.29, 1.82) is 0 Å². The van der Waals surface area contributed by atoms with Crippen LogP contribution in [-0.4, -0.2) is 55.5 Å².